The fourth-order valence-electron chi connectivity index (χ4n) is 1.32. The molecular formula is C7H10N6O. The Labute approximate surface area is 79.9 Å². The predicted molar refractivity (Wildman–Crippen MR) is 51.6 cm³/mol. The van der Waals surface area contributed by atoms with E-state index in [9.17, 15) is 4.79 Å². The maximum atomic E-state index is 11.2. The van der Waals surface area contributed by atoms with Gasteiger partial charge in [-0.3, -0.25) is 5.32 Å². The Morgan fingerprint density at radius 3 is 3.07 bits per heavy atom. The second-order valence-electron chi connectivity index (χ2n) is 2.73. The van der Waals surface area contributed by atoms with E-state index in [1.54, 1.807) is 12.3 Å². The molecule has 2 rings (SSSR count). The van der Waals surface area contributed by atoms with Gasteiger partial charge in [0.2, 0.25) is 0 Å². The summed E-state index contributed by atoms with van der Waals surface area (Å²) in [6.45, 7) is 1.83. The SMILES string of the molecule is CC=C1NC(=O)Nc2c1cnn2NN. The maximum Gasteiger partial charge on any atom is 0.324 e. The fraction of sp³-hybridized carbons (Fsp3) is 0.143. The lowest BCUT2D eigenvalue weighted by Crippen LogP contribution is -2.35. The van der Waals surface area contributed by atoms with Gasteiger partial charge in [0, 0.05) is 0 Å². The van der Waals surface area contributed by atoms with E-state index in [0.29, 0.717) is 11.5 Å². The fourth-order valence-corrected chi connectivity index (χ4v) is 1.32. The number of hydrazine groups is 1. The van der Waals surface area contributed by atoms with E-state index in [2.05, 4.69) is 21.3 Å². The van der Waals surface area contributed by atoms with Gasteiger partial charge in [-0.25, -0.2) is 16.2 Å². The first-order valence-electron chi connectivity index (χ1n) is 4.05. The second kappa shape index (κ2) is 3.04. The number of rotatable bonds is 1. The molecule has 0 bridgehead atoms. The summed E-state index contributed by atoms with van der Waals surface area (Å²) in [5.74, 6) is 5.74. The number of nitrogen functional groups attached to an aromatic ring is 1. The standard InChI is InChI=1S/C7H10N6O/c1-2-5-4-3-9-13(12-8)6(4)11-7(14)10-5/h2-3,12H,8H2,1H3,(H2,10,11,14). The van der Waals surface area contributed by atoms with Crippen molar-refractivity contribution in [3.63, 3.8) is 0 Å². The number of hydrogen-bond donors (Lipinski definition) is 4. The van der Waals surface area contributed by atoms with Crippen LogP contribution in [0.2, 0.25) is 0 Å². The molecule has 1 aliphatic rings. The van der Waals surface area contributed by atoms with E-state index < -0.39 is 0 Å². The zero-order valence-corrected chi connectivity index (χ0v) is 7.53. The highest BCUT2D eigenvalue weighted by atomic mass is 16.2. The number of carbonyl (C=O) groups is 1. The van der Waals surface area contributed by atoms with E-state index >= 15 is 0 Å². The van der Waals surface area contributed by atoms with E-state index in [1.165, 1.54) is 4.79 Å². The number of fused-ring (bicyclic) bond motifs is 1. The molecule has 2 amide bonds. The van der Waals surface area contributed by atoms with Crippen molar-refractivity contribution in [3.8, 4) is 0 Å². The van der Waals surface area contributed by atoms with Crippen LogP contribution in [-0.4, -0.2) is 15.9 Å². The number of nitrogens with one attached hydrogen (secondary N) is 3. The summed E-state index contributed by atoms with van der Waals surface area (Å²) < 4.78 is 0. The number of nitrogens with zero attached hydrogens (tertiary/aromatic N) is 2. The minimum atomic E-state index is -0.303. The highest BCUT2D eigenvalue weighted by Gasteiger charge is 2.22. The van der Waals surface area contributed by atoms with Crippen LogP contribution in [0, 0.1) is 0 Å². The van der Waals surface area contributed by atoms with Crippen LogP contribution in [-0.2, 0) is 0 Å². The molecule has 1 aromatic heterocycles. The number of nitrogens with two attached hydrogens (primary N) is 1. The van der Waals surface area contributed by atoms with Gasteiger partial charge in [-0.1, -0.05) is 6.08 Å². The first-order chi connectivity index (χ1) is 6.76. The van der Waals surface area contributed by atoms with Gasteiger partial charge in [0.1, 0.15) is 0 Å². The topological polar surface area (TPSA) is 97.0 Å². The molecule has 0 spiro atoms. The minimum Gasteiger partial charge on any atom is -0.307 e. The summed E-state index contributed by atoms with van der Waals surface area (Å²) in [6.07, 6.45) is 3.40. The van der Waals surface area contributed by atoms with E-state index in [0.717, 1.165) is 5.56 Å². The Bertz CT molecular complexity index is 406. The Morgan fingerprint density at radius 1 is 1.64 bits per heavy atom. The van der Waals surface area contributed by atoms with Crippen molar-refractivity contribution in [1.29, 1.82) is 0 Å². The Hall–Kier alpha value is -2.02. The van der Waals surface area contributed by atoms with Gasteiger partial charge in [0.25, 0.3) is 0 Å². The van der Waals surface area contributed by atoms with Crippen molar-refractivity contribution in [2.24, 2.45) is 5.84 Å². The van der Waals surface area contributed by atoms with Crippen LogP contribution in [0.15, 0.2) is 12.3 Å². The molecule has 0 saturated heterocycles. The Balaban J connectivity index is 2.53. The zero-order chi connectivity index (χ0) is 10.1. The van der Waals surface area contributed by atoms with Gasteiger partial charge in [-0.05, 0) is 6.92 Å². The number of urea groups is 1. The van der Waals surface area contributed by atoms with E-state index in [4.69, 9.17) is 5.84 Å². The lowest BCUT2D eigenvalue weighted by molar-refractivity contribution is 0.255. The zero-order valence-electron chi connectivity index (χ0n) is 7.53. The third kappa shape index (κ3) is 1.11. The lowest BCUT2D eigenvalue weighted by atomic mass is 10.2. The van der Waals surface area contributed by atoms with Gasteiger partial charge in [-0.15, -0.1) is 4.79 Å². The largest absolute Gasteiger partial charge is 0.324 e. The van der Waals surface area contributed by atoms with Crippen LogP contribution in [0.3, 0.4) is 0 Å². The Morgan fingerprint density at radius 2 is 2.43 bits per heavy atom. The maximum absolute atomic E-state index is 11.2. The van der Waals surface area contributed by atoms with Crippen molar-refractivity contribution in [1.82, 2.24) is 15.2 Å². The van der Waals surface area contributed by atoms with Crippen molar-refractivity contribution < 1.29 is 4.79 Å². The van der Waals surface area contributed by atoms with Crippen LogP contribution in [0.4, 0.5) is 10.6 Å². The average molecular weight is 194 g/mol. The minimum absolute atomic E-state index is 0.303. The van der Waals surface area contributed by atoms with Crippen LogP contribution in [0.5, 0.6) is 0 Å². The van der Waals surface area contributed by atoms with Gasteiger partial charge in [0.15, 0.2) is 5.82 Å². The molecule has 7 heteroatoms. The van der Waals surface area contributed by atoms with Crippen molar-refractivity contribution >= 4 is 17.5 Å². The van der Waals surface area contributed by atoms with E-state index in [-0.39, 0.29) is 6.03 Å². The quantitative estimate of drug-likeness (QED) is 0.367. The summed E-state index contributed by atoms with van der Waals surface area (Å²) in [7, 11) is 0. The monoisotopic (exact) mass is 194 g/mol. The Kier molecular flexibility index (Phi) is 1.86. The molecule has 5 N–H and O–H groups in total. The third-order valence-corrected chi connectivity index (χ3v) is 1.95. The smallest absolute Gasteiger partial charge is 0.307 e. The summed E-state index contributed by atoms with van der Waals surface area (Å²) in [4.78, 5) is 12.5. The van der Waals surface area contributed by atoms with Crippen molar-refractivity contribution in [3.05, 3.63) is 17.8 Å². The van der Waals surface area contributed by atoms with Crippen LogP contribution in [0.25, 0.3) is 5.70 Å². The molecule has 0 saturated carbocycles. The van der Waals surface area contributed by atoms with E-state index in [1.807, 2.05) is 6.92 Å². The normalized spacial score (nSPS) is 17.3. The third-order valence-electron chi connectivity index (χ3n) is 1.95. The molecule has 1 aromatic rings. The molecule has 74 valence electrons. The van der Waals surface area contributed by atoms with Crippen molar-refractivity contribution in [2.75, 3.05) is 10.9 Å². The molecular weight excluding hydrogens is 184 g/mol. The number of allylic oxidation sites excluding steroid dienone is 1. The summed E-state index contributed by atoms with van der Waals surface area (Å²) in [6, 6.07) is -0.303. The van der Waals surface area contributed by atoms with Gasteiger partial charge in [0.05, 0.1) is 17.5 Å². The lowest BCUT2D eigenvalue weighted by Gasteiger charge is -2.18. The molecule has 0 aliphatic carbocycles. The highest BCUT2D eigenvalue weighted by molar-refractivity contribution is 6.01. The summed E-state index contributed by atoms with van der Waals surface area (Å²) >= 11 is 0. The predicted octanol–water partition coefficient (Wildman–Crippen LogP) is -0.204. The van der Waals surface area contributed by atoms with Gasteiger partial charge >= 0.3 is 6.03 Å². The molecule has 2 heterocycles. The molecule has 14 heavy (non-hydrogen) atoms. The van der Waals surface area contributed by atoms with Crippen LogP contribution < -0.4 is 22.0 Å². The van der Waals surface area contributed by atoms with Gasteiger partial charge < -0.3 is 5.32 Å². The molecule has 0 atom stereocenters. The molecule has 0 radical (unpaired) electrons. The number of carbonyl (C=O) groups excluding carboxylic acids is 1. The first-order valence-corrected chi connectivity index (χ1v) is 4.05. The summed E-state index contributed by atoms with van der Waals surface area (Å²) in [5.41, 5.74) is 3.85. The van der Waals surface area contributed by atoms with Gasteiger partial charge in [-0.2, -0.15) is 5.10 Å². The molecule has 1 aliphatic heterocycles. The average Bonchev–Trinajstić information content (AvgIpc) is 2.59. The van der Waals surface area contributed by atoms with Crippen LogP contribution >= 0.6 is 0 Å². The van der Waals surface area contributed by atoms with Crippen molar-refractivity contribution in [2.45, 2.75) is 6.92 Å². The number of amides is 2. The second-order valence-corrected chi connectivity index (χ2v) is 2.73. The molecule has 0 fully saturated rings. The number of anilines is 1. The molecule has 0 unspecified atom stereocenters. The van der Waals surface area contributed by atoms with Crippen LogP contribution in [0.1, 0.15) is 12.5 Å². The summed E-state index contributed by atoms with van der Waals surface area (Å²) in [5, 5.41) is 9.17. The highest BCUT2D eigenvalue weighted by Crippen LogP contribution is 2.24. The molecule has 0 aromatic carbocycles. The number of aromatic nitrogens is 2. The number of hydrogen-bond acceptors (Lipinski definition) is 4. The molecule has 7 nitrogen and oxygen atoms in total. The first kappa shape index (κ1) is 8.57.